The van der Waals surface area contributed by atoms with Crippen molar-refractivity contribution in [3.8, 4) is 0 Å². The molecule has 1 aromatic heterocycles. The summed E-state index contributed by atoms with van der Waals surface area (Å²) in [5.74, 6) is 2.89. The lowest BCUT2D eigenvalue weighted by Gasteiger charge is -2.22. The predicted molar refractivity (Wildman–Crippen MR) is 74.5 cm³/mol. The third kappa shape index (κ3) is 3.59. The van der Waals surface area contributed by atoms with Crippen LogP contribution in [0.3, 0.4) is 0 Å². The SMILES string of the molecule is CNCc1cc(CN(CC(C)C)C2CC2)oc1C. The Morgan fingerprint density at radius 2 is 2.17 bits per heavy atom. The van der Waals surface area contributed by atoms with Gasteiger partial charge in [-0.2, -0.15) is 0 Å². The van der Waals surface area contributed by atoms with Gasteiger partial charge in [-0.15, -0.1) is 0 Å². The van der Waals surface area contributed by atoms with Crippen molar-refractivity contribution in [3.05, 3.63) is 23.2 Å². The molecule has 1 aromatic rings. The summed E-state index contributed by atoms with van der Waals surface area (Å²) in [6, 6.07) is 3.01. The van der Waals surface area contributed by atoms with Crippen LogP contribution in [0.1, 0.15) is 43.8 Å². The molecule has 0 spiro atoms. The number of hydrogen-bond donors (Lipinski definition) is 1. The van der Waals surface area contributed by atoms with E-state index >= 15 is 0 Å². The summed E-state index contributed by atoms with van der Waals surface area (Å²) in [5, 5.41) is 3.19. The minimum Gasteiger partial charge on any atom is -0.465 e. The van der Waals surface area contributed by atoms with E-state index < -0.39 is 0 Å². The van der Waals surface area contributed by atoms with Crippen molar-refractivity contribution in [3.63, 3.8) is 0 Å². The lowest BCUT2D eigenvalue weighted by molar-refractivity contribution is 0.208. The first-order valence-electron chi connectivity index (χ1n) is 7.07. The van der Waals surface area contributed by atoms with Gasteiger partial charge in [0.15, 0.2) is 0 Å². The van der Waals surface area contributed by atoms with Gasteiger partial charge in [-0.25, -0.2) is 0 Å². The molecule has 1 heterocycles. The van der Waals surface area contributed by atoms with Crippen molar-refractivity contribution < 1.29 is 4.42 Å². The second-order valence-corrected chi connectivity index (χ2v) is 5.88. The Hall–Kier alpha value is -0.800. The molecule has 0 atom stereocenters. The lowest BCUT2D eigenvalue weighted by atomic mass is 10.2. The largest absolute Gasteiger partial charge is 0.465 e. The zero-order chi connectivity index (χ0) is 13.1. The van der Waals surface area contributed by atoms with E-state index in [1.807, 2.05) is 7.05 Å². The standard InChI is InChI=1S/C15H26N2O/c1-11(2)9-17(14-5-6-14)10-15-7-13(8-16-4)12(3)18-15/h7,11,14,16H,5-6,8-10H2,1-4H3. The predicted octanol–water partition coefficient (Wildman–Crippen LogP) is 2.93. The second-order valence-electron chi connectivity index (χ2n) is 5.88. The Morgan fingerprint density at radius 3 is 2.72 bits per heavy atom. The van der Waals surface area contributed by atoms with Crippen LogP contribution in [0.2, 0.25) is 0 Å². The Bertz CT molecular complexity index is 380. The molecule has 0 saturated heterocycles. The summed E-state index contributed by atoms with van der Waals surface area (Å²) < 4.78 is 5.88. The Labute approximate surface area is 111 Å². The van der Waals surface area contributed by atoms with Gasteiger partial charge in [0.25, 0.3) is 0 Å². The van der Waals surface area contributed by atoms with Crippen LogP contribution in [0, 0.1) is 12.8 Å². The highest BCUT2D eigenvalue weighted by Gasteiger charge is 2.29. The van der Waals surface area contributed by atoms with Gasteiger partial charge in [-0.05, 0) is 38.8 Å². The number of aryl methyl sites for hydroxylation is 1. The number of furan rings is 1. The van der Waals surface area contributed by atoms with E-state index in [2.05, 4.69) is 37.1 Å². The van der Waals surface area contributed by atoms with Gasteiger partial charge < -0.3 is 9.73 Å². The van der Waals surface area contributed by atoms with Gasteiger partial charge in [-0.3, -0.25) is 4.90 Å². The highest BCUT2D eigenvalue weighted by atomic mass is 16.3. The average Bonchev–Trinajstić information content (AvgIpc) is 3.06. The van der Waals surface area contributed by atoms with E-state index in [4.69, 9.17) is 4.42 Å². The molecule has 1 aliphatic carbocycles. The smallest absolute Gasteiger partial charge is 0.118 e. The summed E-state index contributed by atoms with van der Waals surface area (Å²) in [4.78, 5) is 2.58. The molecule has 3 nitrogen and oxygen atoms in total. The van der Waals surface area contributed by atoms with Gasteiger partial charge >= 0.3 is 0 Å². The monoisotopic (exact) mass is 250 g/mol. The van der Waals surface area contributed by atoms with Crippen LogP contribution in [-0.4, -0.2) is 24.5 Å². The van der Waals surface area contributed by atoms with E-state index in [0.29, 0.717) is 0 Å². The van der Waals surface area contributed by atoms with Crippen LogP contribution in [0.25, 0.3) is 0 Å². The quantitative estimate of drug-likeness (QED) is 0.806. The summed E-state index contributed by atoms with van der Waals surface area (Å²) in [7, 11) is 1.97. The Morgan fingerprint density at radius 1 is 1.44 bits per heavy atom. The molecule has 1 aliphatic rings. The van der Waals surface area contributed by atoms with Crippen LogP contribution in [0.4, 0.5) is 0 Å². The molecule has 0 aliphatic heterocycles. The summed E-state index contributed by atoms with van der Waals surface area (Å²) >= 11 is 0. The summed E-state index contributed by atoms with van der Waals surface area (Å²) in [5.41, 5.74) is 1.28. The van der Waals surface area contributed by atoms with Gasteiger partial charge in [0.1, 0.15) is 11.5 Å². The van der Waals surface area contributed by atoms with Crippen molar-refractivity contribution in [2.45, 2.75) is 52.7 Å². The number of rotatable bonds is 7. The van der Waals surface area contributed by atoms with E-state index in [1.54, 1.807) is 0 Å². The third-order valence-electron chi connectivity index (χ3n) is 3.46. The van der Waals surface area contributed by atoms with Crippen LogP contribution >= 0.6 is 0 Å². The molecule has 1 saturated carbocycles. The van der Waals surface area contributed by atoms with Gasteiger partial charge in [-0.1, -0.05) is 13.8 Å². The van der Waals surface area contributed by atoms with E-state index in [9.17, 15) is 0 Å². The molecule has 0 bridgehead atoms. The zero-order valence-electron chi connectivity index (χ0n) is 12.1. The number of hydrogen-bond acceptors (Lipinski definition) is 3. The molecule has 0 amide bonds. The third-order valence-corrected chi connectivity index (χ3v) is 3.46. The van der Waals surface area contributed by atoms with Crippen LogP contribution in [-0.2, 0) is 13.1 Å². The maximum absolute atomic E-state index is 5.88. The maximum Gasteiger partial charge on any atom is 0.118 e. The molecule has 0 aromatic carbocycles. The van der Waals surface area contributed by atoms with Gasteiger partial charge in [0.2, 0.25) is 0 Å². The molecule has 0 radical (unpaired) electrons. The topological polar surface area (TPSA) is 28.4 Å². The van der Waals surface area contributed by atoms with Crippen LogP contribution < -0.4 is 5.32 Å². The Balaban J connectivity index is 1.99. The lowest BCUT2D eigenvalue weighted by Crippen LogP contribution is -2.29. The first kappa shape index (κ1) is 13.6. The molecule has 3 heteroatoms. The highest BCUT2D eigenvalue weighted by Crippen LogP contribution is 2.29. The fraction of sp³-hybridized carbons (Fsp3) is 0.733. The molecule has 1 N–H and O–H groups in total. The fourth-order valence-electron chi connectivity index (χ4n) is 2.48. The molecular formula is C15H26N2O. The maximum atomic E-state index is 5.88. The summed E-state index contributed by atoms with van der Waals surface area (Å²) in [6.07, 6.45) is 2.71. The van der Waals surface area contributed by atoms with Crippen LogP contribution in [0.5, 0.6) is 0 Å². The minimum absolute atomic E-state index is 0.721. The van der Waals surface area contributed by atoms with Crippen molar-refractivity contribution >= 4 is 0 Å². The fourth-order valence-corrected chi connectivity index (χ4v) is 2.48. The molecule has 1 fully saturated rings. The second kappa shape index (κ2) is 5.89. The molecule has 102 valence electrons. The van der Waals surface area contributed by atoms with Crippen molar-refractivity contribution in [1.82, 2.24) is 10.2 Å². The molecular weight excluding hydrogens is 224 g/mol. The highest BCUT2D eigenvalue weighted by molar-refractivity contribution is 5.20. The van der Waals surface area contributed by atoms with E-state index in [1.165, 1.54) is 24.9 Å². The average molecular weight is 250 g/mol. The number of nitrogens with zero attached hydrogens (tertiary/aromatic N) is 1. The molecule has 2 rings (SSSR count). The number of nitrogens with one attached hydrogen (secondary N) is 1. The normalized spacial score (nSPS) is 15.9. The first-order chi connectivity index (χ1) is 8.60. The van der Waals surface area contributed by atoms with E-state index in [0.717, 1.165) is 36.6 Å². The van der Waals surface area contributed by atoms with Crippen molar-refractivity contribution in [2.24, 2.45) is 5.92 Å². The van der Waals surface area contributed by atoms with Crippen LogP contribution in [0.15, 0.2) is 10.5 Å². The van der Waals surface area contributed by atoms with Gasteiger partial charge in [0.05, 0.1) is 6.54 Å². The zero-order valence-corrected chi connectivity index (χ0v) is 12.1. The van der Waals surface area contributed by atoms with Crippen molar-refractivity contribution in [2.75, 3.05) is 13.6 Å². The molecule has 18 heavy (non-hydrogen) atoms. The van der Waals surface area contributed by atoms with Crippen molar-refractivity contribution in [1.29, 1.82) is 0 Å². The molecule has 0 unspecified atom stereocenters. The summed E-state index contributed by atoms with van der Waals surface area (Å²) in [6.45, 7) is 9.66. The minimum atomic E-state index is 0.721. The first-order valence-corrected chi connectivity index (χ1v) is 7.07. The van der Waals surface area contributed by atoms with E-state index in [-0.39, 0.29) is 0 Å². The van der Waals surface area contributed by atoms with Gasteiger partial charge in [0, 0.05) is 24.7 Å². The Kier molecular flexibility index (Phi) is 4.46.